The molecule has 1 aromatic heterocycles. The van der Waals surface area contributed by atoms with Crippen LogP contribution in [0.4, 0.5) is 10.1 Å². The number of nitrogens with zero attached hydrogens (tertiary/aromatic N) is 1. The molecule has 1 amide bonds. The number of aryl methyl sites for hydroxylation is 1. The molecule has 1 N–H and O–H groups in total. The van der Waals surface area contributed by atoms with Crippen LogP contribution in [0.25, 0.3) is 0 Å². The van der Waals surface area contributed by atoms with Crippen LogP contribution in [0, 0.1) is 12.7 Å². The Bertz CT molecular complexity index is 865. The van der Waals surface area contributed by atoms with E-state index in [0.717, 1.165) is 4.88 Å². The minimum atomic E-state index is -3.60. The SMILES string of the molecule is Cc1ccc(S(=O)(=O)NCC2CN(c3ccc(F)cc3)C(=O)CO2)s1. The number of morpholine rings is 1. The van der Waals surface area contributed by atoms with Crippen LogP contribution in [-0.2, 0) is 19.6 Å². The number of hydrogen-bond acceptors (Lipinski definition) is 5. The molecule has 0 spiro atoms. The minimum absolute atomic E-state index is 0.0459. The number of hydrogen-bond donors (Lipinski definition) is 1. The second-order valence-corrected chi connectivity index (χ2v) is 8.91. The first-order valence-corrected chi connectivity index (χ1v) is 9.89. The van der Waals surface area contributed by atoms with E-state index in [0.29, 0.717) is 5.69 Å². The molecule has 2 aromatic rings. The smallest absolute Gasteiger partial charge is 0.253 e. The van der Waals surface area contributed by atoms with E-state index in [-0.39, 0.29) is 35.6 Å². The summed E-state index contributed by atoms with van der Waals surface area (Å²) in [4.78, 5) is 14.4. The monoisotopic (exact) mass is 384 g/mol. The van der Waals surface area contributed by atoms with Gasteiger partial charge in [-0.3, -0.25) is 4.79 Å². The van der Waals surface area contributed by atoms with Crippen molar-refractivity contribution in [2.24, 2.45) is 0 Å². The second kappa shape index (κ2) is 7.20. The molecule has 1 aliphatic heterocycles. The Labute approximate surface area is 149 Å². The first-order valence-electron chi connectivity index (χ1n) is 7.59. The fourth-order valence-corrected chi connectivity index (χ4v) is 4.84. The first kappa shape index (κ1) is 18.0. The number of nitrogens with one attached hydrogen (secondary N) is 1. The normalized spacial score (nSPS) is 18.6. The molecule has 0 saturated carbocycles. The van der Waals surface area contributed by atoms with Crippen LogP contribution in [0.15, 0.2) is 40.6 Å². The fourth-order valence-electron chi connectivity index (χ4n) is 2.45. The van der Waals surface area contributed by atoms with Crippen molar-refractivity contribution in [3.8, 4) is 0 Å². The lowest BCUT2D eigenvalue weighted by Crippen LogP contribution is -2.50. The summed E-state index contributed by atoms with van der Waals surface area (Å²) in [6, 6.07) is 8.86. The third-order valence-electron chi connectivity index (χ3n) is 3.75. The molecule has 25 heavy (non-hydrogen) atoms. The van der Waals surface area contributed by atoms with Gasteiger partial charge in [0.25, 0.3) is 5.91 Å². The van der Waals surface area contributed by atoms with Gasteiger partial charge >= 0.3 is 0 Å². The van der Waals surface area contributed by atoms with Crippen LogP contribution in [0.1, 0.15) is 4.88 Å². The van der Waals surface area contributed by atoms with Crippen molar-refractivity contribution >= 4 is 33.0 Å². The summed E-state index contributed by atoms with van der Waals surface area (Å²) in [5.41, 5.74) is 0.552. The average Bonchev–Trinajstić information content (AvgIpc) is 3.02. The molecule has 1 aliphatic rings. The van der Waals surface area contributed by atoms with Crippen LogP contribution in [-0.4, -0.2) is 40.1 Å². The number of rotatable bonds is 5. The molecule has 1 aromatic carbocycles. The van der Waals surface area contributed by atoms with Crippen molar-refractivity contribution in [1.82, 2.24) is 4.72 Å². The third kappa shape index (κ3) is 4.24. The minimum Gasteiger partial charge on any atom is -0.365 e. The topological polar surface area (TPSA) is 75.7 Å². The summed E-state index contributed by atoms with van der Waals surface area (Å²) in [6.07, 6.45) is -0.487. The molecule has 1 unspecified atom stereocenters. The van der Waals surface area contributed by atoms with Crippen LogP contribution >= 0.6 is 11.3 Å². The molecule has 1 atom stereocenters. The Hall–Kier alpha value is -1.81. The number of sulfonamides is 1. The Balaban J connectivity index is 1.65. The molecule has 0 radical (unpaired) electrons. The number of ether oxygens (including phenoxy) is 1. The zero-order chi connectivity index (χ0) is 18.0. The first-order chi connectivity index (χ1) is 11.8. The number of thiophene rings is 1. The van der Waals surface area contributed by atoms with Gasteiger partial charge in [-0.15, -0.1) is 11.3 Å². The van der Waals surface area contributed by atoms with Crippen LogP contribution in [0.2, 0.25) is 0 Å². The Kier molecular flexibility index (Phi) is 5.19. The number of amides is 1. The summed E-state index contributed by atoms with van der Waals surface area (Å²) < 4.78 is 45.7. The summed E-state index contributed by atoms with van der Waals surface area (Å²) in [6.45, 7) is 1.92. The Morgan fingerprint density at radius 3 is 2.64 bits per heavy atom. The number of anilines is 1. The lowest BCUT2D eigenvalue weighted by atomic mass is 10.2. The summed E-state index contributed by atoms with van der Waals surface area (Å²) >= 11 is 1.19. The standard InChI is InChI=1S/C16H17FN2O4S2/c1-11-2-7-16(24-11)25(21,22)18-8-14-9-19(15(20)10-23-14)13-5-3-12(17)4-6-13/h2-7,14,18H,8-10H2,1H3. The summed E-state index contributed by atoms with van der Waals surface area (Å²) in [5.74, 6) is -0.639. The van der Waals surface area contributed by atoms with E-state index in [1.54, 1.807) is 12.1 Å². The van der Waals surface area contributed by atoms with E-state index >= 15 is 0 Å². The van der Waals surface area contributed by atoms with Crippen LogP contribution < -0.4 is 9.62 Å². The van der Waals surface area contributed by atoms with Gasteiger partial charge in [-0.05, 0) is 43.3 Å². The number of benzene rings is 1. The van der Waals surface area contributed by atoms with Crippen molar-refractivity contribution < 1.29 is 22.3 Å². The van der Waals surface area contributed by atoms with Crippen molar-refractivity contribution in [3.63, 3.8) is 0 Å². The maximum atomic E-state index is 13.0. The molecule has 6 nitrogen and oxygen atoms in total. The van der Waals surface area contributed by atoms with Crippen molar-refractivity contribution in [2.75, 3.05) is 24.6 Å². The van der Waals surface area contributed by atoms with Gasteiger partial charge in [0.1, 0.15) is 16.6 Å². The molecular weight excluding hydrogens is 367 g/mol. The highest BCUT2D eigenvalue weighted by Crippen LogP contribution is 2.21. The van der Waals surface area contributed by atoms with Gasteiger partial charge in [0, 0.05) is 17.1 Å². The fraction of sp³-hybridized carbons (Fsp3) is 0.312. The summed E-state index contributed by atoms with van der Waals surface area (Å²) in [5, 5.41) is 0. The van der Waals surface area contributed by atoms with Gasteiger partial charge in [-0.1, -0.05) is 0 Å². The molecule has 0 aliphatic carbocycles. The Morgan fingerprint density at radius 1 is 1.28 bits per heavy atom. The zero-order valence-corrected chi connectivity index (χ0v) is 15.1. The highest BCUT2D eigenvalue weighted by molar-refractivity contribution is 7.91. The third-order valence-corrected chi connectivity index (χ3v) is 6.67. The van der Waals surface area contributed by atoms with Gasteiger partial charge in [-0.25, -0.2) is 17.5 Å². The highest BCUT2D eigenvalue weighted by atomic mass is 32.2. The molecular formula is C16H17FN2O4S2. The van der Waals surface area contributed by atoms with Gasteiger partial charge in [0.2, 0.25) is 10.0 Å². The quantitative estimate of drug-likeness (QED) is 0.854. The van der Waals surface area contributed by atoms with Crippen molar-refractivity contribution in [1.29, 1.82) is 0 Å². The molecule has 0 bridgehead atoms. The number of halogens is 1. The van der Waals surface area contributed by atoms with E-state index in [1.165, 1.54) is 40.5 Å². The van der Waals surface area contributed by atoms with Gasteiger partial charge in [-0.2, -0.15) is 0 Å². The summed E-state index contributed by atoms with van der Waals surface area (Å²) in [7, 11) is -3.60. The Morgan fingerprint density at radius 2 is 2.00 bits per heavy atom. The van der Waals surface area contributed by atoms with E-state index < -0.39 is 16.1 Å². The molecule has 1 fully saturated rings. The predicted molar refractivity (Wildman–Crippen MR) is 92.7 cm³/mol. The van der Waals surface area contributed by atoms with Crippen LogP contribution in [0.3, 0.4) is 0 Å². The lowest BCUT2D eigenvalue weighted by Gasteiger charge is -2.32. The van der Waals surface area contributed by atoms with Crippen LogP contribution in [0.5, 0.6) is 0 Å². The highest BCUT2D eigenvalue weighted by Gasteiger charge is 2.29. The van der Waals surface area contributed by atoms with Gasteiger partial charge in [0.05, 0.1) is 12.6 Å². The predicted octanol–water partition coefficient (Wildman–Crippen LogP) is 1.91. The maximum Gasteiger partial charge on any atom is 0.253 e. The second-order valence-electron chi connectivity index (χ2n) is 5.63. The molecule has 1 saturated heterocycles. The van der Waals surface area contributed by atoms with Crippen molar-refractivity contribution in [3.05, 3.63) is 47.1 Å². The van der Waals surface area contributed by atoms with E-state index in [9.17, 15) is 17.6 Å². The number of carbonyl (C=O) groups excluding carboxylic acids is 1. The molecule has 2 heterocycles. The van der Waals surface area contributed by atoms with E-state index in [2.05, 4.69) is 4.72 Å². The maximum absolute atomic E-state index is 13.0. The van der Waals surface area contributed by atoms with Crippen molar-refractivity contribution in [2.45, 2.75) is 17.2 Å². The van der Waals surface area contributed by atoms with Gasteiger partial charge < -0.3 is 9.64 Å². The molecule has 134 valence electrons. The molecule has 3 rings (SSSR count). The van der Waals surface area contributed by atoms with E-state index in [1.807, 2.05) is 6.92 Å². The largest absolute Gasteiger partial charge is 0.365 e. The number of carbonyl (C=O) groups is 1. The molecule has 9 heteroatoms. The average molecular weight is 384 g/mol. The van der Waals surface area contributed by atoms with Gasteiger partial charge in [0.15, 0.2) is 0 Å². The zero-order valence-electron chi connectivity index (χ0n) is 13.4. The van der Waals surface area contributed by atoms with E-state index in [4.69, 9.17) is 4.74 Å². The lowest BCUT2D eigenvalue weighted by molar-refractivity contribution is -0.129.